The zero-order valence-electron chi connectivity index (χ0n) is 7.28. The van der Waals surface area contributed by atoms with Gasteiger partial charge in [0.15, 0.2) is 0 Å². The molecule has 0 unspecified atom stereocenters. The molecular formula is C9H12ClN3. The van der Waals surface area contributed by atoms with Crippen LogP contribution in [-0.4, -0.2) is 24.1 Å². The van der Waals surface area contributed by atoms with Crippen LogP contribution in [0, 0.1) is 0 Å². The Labute approximate surface area is 82.5 Å². The number of nitrogens with two attached hydrogens (primary N) is 1. The standard InChI is InChI=1S/C9H12ClN3/c10-7-1-2-9(12-5-7)13-4-3-8(11)6-13/h1-2,5,8H,3-4,6,11H2/t8-/m1/s1. The van der Waals surface area contributed by atoms with E-state index < -0.39 is 0 Å². The fourth-order valence-electron chi connectivity index (χ4n) is 1.55. The van der Waals surface area contributed by atoms with E-state index in [9.17, 15) is 0 Å². The molecular weight excluding hydrogens is 186 g/mol. The fourth-order valence-corrected chi connectivity index (χ4v) is 1.66. The second-order valence-corrected chi connectivity index (χ2v) is 3.77. The van der Waals surface area contributed by atoms with Crippen LogP contribution in [0.3, 0.4) is 0 Å². The third kappa shape index (κ3) is 1.92. The van der Waals surface area contributed by atoms with Crippen LogP contribution >= 0.6 is 11.6 Å². The van der Waals surface area contributed by atoms with Crippen LogP contribution in [0.2, 0.25) is 5.02 Å². The minimum Gasteiger partial charge on any atom is -0.355 e. The van der Waals surface area contributed by atoms with Crippen LogP contribution in [0.4, 0.5) is 5.82 Å². The Morgan fingerprint density at radius 2 is 2.38 bits per heavy atom. The molecule has 4 heteroatoms. The Balaban J connectivity index is 2.13. The molecule has 0 spiro atoms. The SMILES string of the molecule is N[C@@H]1CCN(c2ccc(Cl)cn2)C1. The molecule has 1 aliphatic heterocycles. The van der Waals surface area contributed by atoms with Gasteiger partial charge in [0.25, 0.3) is 0 Å². The van der Waals surface area contributed by atoms with Gasteiger partial charge in [-0.05, 0) is 18.6 Å². The molecule has 70 valence electrons. The van der Waals surface area contributed by atoms with Gasteiger partial charge in [-0.25, -0.2) is 4.98 Å². The summed E-state index contributed by atoms with van der Waals surface area (Å²) in [5, 5.41) is 0.673. The van der Waals surface area contributed by atoms with Gasteiger partial charge in [-0.1, -0.05) is 11.6 Å². The molecule has 0 aromatic carbocycles. The molecule has 2 N–H and O–H groups in total. The predicted molar refractivity (Wildman–Crippen MR) is 54.1 cm³/mol. The van der Waals surface area contributed by atoms with Crippen molar-refractivity contribution >= 4 is 17.4 Å². The number of hydrogen-bond donors (Lipinski definition) is 1. The summed E-state index contributed by atoms with van der Waals surface area (Å²) in [6.45, 7) is 1.89. The first kappa shape index (κ1) is 8.78. The van der Waals surface area contributed by atoms with E-state index in [1.165, 1.54) is 0 Å². The quantitative estimate of drug-likeness (QED) is 0.738. The van der Waals surface area contributed by atoms with Gasteiger partial charge in [0, 0.05) is 25.3 Å². The minimum atomic E-state index is 0.289. The maximum absolute atomic E-state index is 5.80. The number of nitrogens with zero attached hydrogens (tertiary/aromatic N) is 2. The van der Waals surface area contributed by atoms with E-state index in [1.807, 2.05) is 12.1 Å². The van der Waals surface area contributed by atoms with Crippen LogP contribution < -0.4 is 10.6 Å². The summed E-state index contributed by atoms with van der Waals surface area (Å²) in [5.41, 5.74) is 5.80. The number of anilines is 1. The van der Waals surface area contributed by atoms with Crippen LogP contribution in [0.15, 0.2) is 18.3 Å². The molecule has 1 aromatic heterocycles. The summed E-state index contributed by atoms with van der Waals surface area (Å²) in [4.78, 5) is 6.41. The van der Waals surface area contributed by atoms with E-state index in [0.29, 0.717) is 5.02 Å². The molecule has 1 aliphatic rings. The van der Waals surface area contributed by atoms with Gasteiger partial charge in [0.1, 0.15) is 5.82 Å². The molecule has 2 rings (SSSR count). The number of rotatable bonds is 1. The predicted octanol–water partition coefficient (Wildman–Crippen LogP) is 1.27. The first-order valence-electron chi connectivity index (χ1n) is 4.38. The topological polar surface area (TPSA) is 42.1 Å². The molecule has 1 fully saturated rings. The molecule has 1 atom stereocenters. The summed E-state index contributed by atoms with van der Waals surface area (Å²) in [6, 6.07) is 4.08. The minimum absolute atomic E-state index is 0.289. The fraction of sp³-hybridized carbons (Fsp3) is 0.444. The van der Waals surface area contributed by atoms with Gasteiger partial charge in [0.2, 0.25) is 0 Å². The Bertz CT molecular complexity index is 285. The summed E-state index contributed by atoms with van der Waals surface area (Å²) in [6.07, 6.45) is 2.71. The Morgan fingerprint density at radius 1 is 1.54 bits per heavy atom. The van der Waals surface area contributed by atoms with E-state index in [4.69, 9.17) is 17.3 Å². The number of pyridine rings is 1. The molecule has 0 saturated carbocycles. The van der Waals surface area contributed by atoms with Gasteiger partial charge >= 0.3 is 0 Å². The Kier molecular flexibility index (Phi) is 2.38. The lowest BCUT2D eigenvalue weighted by atomic mass is 10.3. The molecule has 1 saturated heterocycles. The molecule has 0 aliphatic carbocycles. The van der Waals surface area contributed by atoms with Crippen LogP contribution in [-0.2, 0) is 0 Å². The summed E-state index contributed by atoms with van der Waals surface area (Å²) >= 11 is 5.74. The van der Waals surface area contributed by atoms with Crippen LogP contribution in [0.25, 0.3) is 0 Å². The van der Waals surface area contributed by atoms with Crippen LogP contribution in [0.5, 0.6) is 0 Å². The van der Waals surface area contributed by atoms with Crippen molar-refractivity contribution in [2.24, 2.45) is 5.73 Å². The van der Waals surface area contributed by atoms with E-state index in [2.05, 4.69) is 9.88 Å². The van der Waals surface area contributed by atoms with Crippen molar-refractivity contribution in [2.75, 3.05) is 18.0 Å². The van der Waals surface area contributed by atoms with Gasteiger partial charge < -0.3 is 10.6 Å². The van der Waals surface area contributed by atoms with Crippen LogP contribution in [0.1, 0.15) is 6.42 Å². The summed E-state index contributed by atoms with van der Waals surface area (Å²) in [7, 11) is 0. The Hall–Kier alpha value is -0.800. The highest BCUT2D eigenvalue weighted by Crippen LogP contribution is 2.18. The first-order chi connectivity index (χ1) is 6.25. The second kappa shape index (κ2) is 3.52. The zero-order valence-corrected chi connectivity index (χ0v) is 8.04. The van der Waals surface area contributed by atoms with Crippen molar-refractivity contribution in [3.05, 3.63) is 23.4 Å². The van der Waals surface area contributed by atoms with Gasteiger partial charge in [-0.3, -0.25) is 0 Å². The van der Waals surface area contributed by atoms with E-state index in [-0.39, 0.29) is 6.04 Å². The first-order valence-corrected chi connectivity index (χ1v) is 4.75. The lowest BCUT2D eigenvalue weighted by Crippen LogP contribution is -2.26. The van der Waals surface area contributed by atoms with E-state index >= 15 is 0 Å². The van der Waals surface area contributed by atoms with E-state index in [1.54, 1.807) is 6.20 Å². The van der Waals surface area contributed by atoms with Gasteiger partial charge in [0.05, 0.1) is 5.02 Å². The highest BCUT2D eigenvalue weighted by atomic mass is 35.5. The second-order valence-electron chi connectivity index (χ2n) is 3.33. The molecule has 0 amide bonds. The highest BCUT2D eigenvalue weighted by molar-refractivity contribution is 6.30. The van der Waals surface area contributed by atoms with Crippen molar-refractivity contribution in [3.63, 3.8) is 0 Å². The highest BCUT2D eigenvalue weighted by Gasteiger charge is 2.19. The third-order valence-electron chi connectivity index (χ3n) is 2.26. The van der Waals surface area contributed by atoms with E-state index in [0.717, 1.165) is 25.3 Å². The molecule has 2 heterocycles. The average Bonchev–Trinajstić information content (AvgIpc) is 2.53. The normalized spacial score (nSPS) is 22.3. The van der Waals surface area contributed by atoms with Crippen molar-refractivity contribution in [1.29, 1.82) is 0 Å². The van der Waals surface area contributed by atoms with Crippen molar-refractivity contribution in [2.45, 2.75) is 12.5 Å². The van der Waals surface area contributed by atoms with Crippen molar-refractivity contribution in [3.8, 4) is 0 Å². The zero-order chi connectivity index (χ0) is 9.26. The molecule has 0 radical (unpaired) electrons. The summed E-state index contributed by atoms with van der Waals surface area (Å²) in [5.74, 6) is 0.970. The lowest BCUT2D eigenvalue weighted by Gasteiger charge is -2.16. The molecule has 0 bridgehead atoms. The Morgan fingerprint density at radius 3 is 2.92 bits per heavy atom. The number of halogens is 1. The average molecular weight is 198 g/mol. The maximum atomic E-state index is 5.80. The molecule has 1 aromatic rings. The number of aromatic nitrogens is 1. The monoisotopic (exact) mass is 197 g/mol. The maximum Gasteiger partial charge on any atom is 0.128 e. The largest absolute Gasteiger partial charge is 0.355 e. The third-order valence-corrected chi connectivity index (χ3v) is 2.48. The van der Waals surface area contributed by atoms with Crippen molar-refractivity contribution in [1.82, 2.24) is 4.98 Å². The van der Waals surface area contributed by atoms with Crippen molar-refractivity contribution < 1.29 is 0 Å². The van der Waals surface area contributed by atoms with Gasteiger partial charge in [-0.2, -0.15) is 0 Å². The lowest BCUT2D eigenvalue weighted by molar-refractivity contribution is 0.751. The molecule has 3 nitrogen and oxygen atoms in total. The summed E-state index contributed by atoms with van der Waals surface area (Å²) < 4.78 is 0. The number of hydrogen-bond acceptors (Lipinski definition) is 3. The molecule has 13 heavy (non-hydrogen) atoms. The van der Waals surface area contributed by atoms with Gasteiger partial charge in [-0.15, -0.1) is 0 Å². The smallest absolute Gasteiger partial charge is 0.128 e.